The average Bonchev–Trinajstić information content (AvgIpc) is 2.19. The highest BCUT2D eigenvalue weighted by molar-refractivity contribution is 9.10. The zero-order valence-electron chi connectivity index (χ0n) is 10.3. The van der Waals surface area contributed by atoms with E-state index in [0.717, 1.165) is 0 Å². The maximum absolute atomic E-state index is 12.3. The number of hydrogen-bond acceptors (Lipinski definition) is 3. The van der Waals surface area contributed by atoms with E-state index < -0.39 is 6.61 Å². The van der Waals surface area contributed by atoms with E-state index in [-0.39, 0.29) is 10.5 Å². The molecule has 1 rings (SSSR count). The van der Waals surface area contributed by atoms with Crippen LogP contribution < -0.4 is 4.74 Å². The first-order chi connectivity index (χ1) is 8.29. The Kier molecular flexibility index (Phi) is 5.59. The van der Waals surface area contributed by atoms with Crippen LogP contribution in [0.5, 0.6) is 5.75 Å². The second-order valence-electron chi connectivity index (χ2n) is 4.47. The van der Waals surface area contributed by atoms with Gasteiger partial charge < -0.3 is 4.74 Å². The number of hydrogen-bond donors (Lipinski definition) is 0. The van der Waals surface area contributed by atoms with Gasteiger partial charge in [-0.25, -0.2) is 4.40 Å². The Hall–Kier alpha value is -0.620. The van der Waals surface area contributed by atoms with Crippen molar-refractivity contribution in [2.45, 2.75) is 32.1 Å². The minimum atomic E-state index is -2.85. The first-order valence-corrected chi connectivity index (χ1v) is 6.81. The molecule has 0 radical (unpaired) electrons. The van der Waals surface area contributed by atoms with E-state index in [1.165, 1.54) is 24.2 Å². The van der Waals surface area contributed by atoms with Crippen LogP contribution in [0.4, 0.5) is 8.78 Å². The van der Waals surface area contributed by atoms with Gasteiger partial charge in [-0.3, -0.25) is 0 Å². The Morgan fingerprint density at radius 1 is 1.39 bits per heavy atom. The molecule has 100 valence electrons. The van der Waals surface area contributed by atoms with Crippen molar-refractivity contribution in [2.75, 3.05) is 0 Å². The molecule has 18 heavy (non-hydrogen) atoms. The topological polar surface area (TPSA) is 21.6 Å². The van der Waals surface area contributed by atoms with Crippen LogP contribution in [0, 0.1) is 0 Å². The van der Waals surface area contributed by atoms with Gasteiger partial charge in [0.2, 0.25) is 0 Å². The van der Waals surface area contributed by atoms with Crippen LogP contribution in [0.3, 0.4) is 0 Å². The maximum Gasteiger partial charge on any atom is 0.387 e. The largest absolute Gasteiger partial charge is 0.434 e. The third-order valence-electron chi connectivity index (χ3n) is 1.74. The Bertz CT molecular complexity index is 433. The SMILES string of the molecule is CC(C)(C)SN=Cc1c(Br)cccc1OC(F)F. The third-order valence-corrected chi connectivity index (χ3v) is 3.19. The molecule has 0 N–H and O–H groups in total. The zero-order chi connectivity index (χ0) is 13.8. The lowest BCUT2D eigenvalue weighted by Gasteiger charge is -2.13. The van der Waals surface area contributed by atoms with Gasteiger partial charge in [-0.15, -0.1) is 0 Å². The Balaban J connectivity index is 2.92. The summed E-state index contributed by atoms with van der Waals surface area (Å²) < 4.78 is 33.8. The standard InChI is InChI=1S/C12H14BrF2NOS/c1-12(2,3)18-16-7-8-9(13)5-4-6-10(8)17-11(14)15/h4-7,11H,1-3H3. The van der Waals surface area contributed by atoms with Crippen molar-refractivity contribution in [3.05, 3.63) is 28.2 Å². The monoisotopic (exact) mass is 337 g/mol. The Labute approximate surface area is 118 Å². The lowest BCUT2D eigenvalue weighted by Crippen LogP contribution is -2.06. The van der Waals surface area contributed by atoms with Crippen LogP contribution in [0.25, 0.3) is 0 Å². The summed E-state index contributed by atoms with van der Waals surface area (Å²) in [4.78, 5) is 0. The molecule has 0 amide bonds. The average molecular weight is 338 g/mol. The molecule has 0 atom stereocenters. The minimum Gasteiger partial charge on any atom is -0.434 e. The van der Waals surface area contributed by atoms with Crippen LogP contribution in [-0.2, 0) is 0 Å². The molecule has 0 aliphatic rings. The highest BCUT2D eigenvalue weighted by Crippen LogP contribution is 2.29. The number of rotatable bonds is 4. The highest BCUT2D eigenvalue weighted by Gasteiger charge is 2.12. The molecule has 0 bridgehead atoms. The molecule has 2 nitrogen and oxygen atoms in total. The van der Waals surface area contributed by atoms with Crippen molar-refractivity contribution in [3.8, 4) is 5.75 Å². The molecule has 1 aromatic carbocycles. The van der Waals surface area contributed by atoms with Crippen LogP contribution in [0.15, 0.2) is 27.1 Å². The number of ether oxygens (including phenoxy) is 1. The first kappa shape index (κ1) is 15.4. The summed E-state index contributed by atoms with van der Waals surface area (Å²) in [6.07, 6.45) is 1.53. The third kappa shape index (κ3) is 5.35. The molecular formula is C12H14BrF2NOS. The molecule has 0 aliphatic heterocycles. The molecular weight excluding hydrogens is 324 g/mol. The summed E-state index contributed by atoms with van der Waals surface area (Å²) in [6, 6.07) is 4.87. The van der Waals surface area contributed by atoms with Gasteiger partial charge in [-0.2, -0.15) is 8.78 Å². The molecule has 0 saturated heterocycles. The van der Waals surface area contributed by atoms with Gasteiger partial charge in [0, 0.05) is 21.0 Å². The van der Waals surface area contributed by atoms with E-state index in [1.54, 1.807) is 12.1 Å². The van der Waals surface area contributed by atoms with Gasteiger partial charge >= 0.3 is 6.61 Å². The molecule has 0 heterocycles. The molecule has 0 aliphatic carbocycles. The van der Waals surface area contributed by atoms with Crippen molar-refractivity contribution < 1.29 is 13.5 Å². The fourth-order valence-corrected chi connectivity index (χ4v) is 2.00. The highest BCUT2D eigenvalue weighted by atomic mass is 79.9. The van der Waals surface area contributed by atoms with Gasteiger partial charge in [-0.05, 0) is 60.8 Å². The summed E-state index contributed by atoms with van der Waals surface area (Å²) >= 11 is 4.66. The van der Waals surface area contributed by atoms with Gasteiger partial charge in [0.15, 0.2) is 0 Å². The summed E-state index contributed by atoms with van der Waals surface area (Å²) in [5, 5.41) is 0. The predicted octanol–water partition coefficient (Wildman–Crippen LogP) is 4.92. The van der Waals surface area contributed by atoms with Crippen LogP contribution in [0.1, 0.15) is 26.3 Å². The van der Waals surface area contributed by atoms with Gasteiger partial charge in [0.05, 0.1) is 0 Å². The Morgan fingerprint density at radius 2 is 2.06 bits per heavy atom. The normalized spacial score (nSPS) is 12.4. The second-order valence-corrected chi connectivity index (χ2v) is 6.94. The van der Waals surface area contributed by atoms with E-state index in [1.807, 2.05) is 20.8 Å². The molecule has 1 aromatic rings. The smallest absolute Gasteiger partial charge is 0.387 e. The number of benzene rings is 1. The van der Waals surface area contributed by atoms with Crippen LogP contribution in [-0.4, -0.2) is 17.6 Å². The summed E-state index contributed by atoms with van der Waals surface area (Å²) in [6.45, 7) is 3.21. The van der Waals surface area contributed by atoms with Gasteiger partial charge in [0.25, 0.3) is 0 Å². The molecule has 0 aromatic heterocycles. The van der Waals surface area contributed by atoms with E-state index in [0.29, 0.717) is 10.0 Å². The number of halogens is 3. The number of alkyl halides is 2. The second kappa shape index (κ2) is 6.52. The molecule has 0 spiro atoms. The van der Waals surface area contributed by atoms with Gasteiger partial charge in [-0.1, -0.05) is 6.07 Å². The van der Waals surface area contributed by atoms with Crippen molar-refractivity contribution in [1.82, 2.24) is 0 Å². The van der Waals surface area contributed by atoms with Crippen molar-refractivity contribution in [3.63, 3.8) is 0 Å². The molecule has 0 unspecified atom stereocenters. The van der Waals surface area contributed by atoms with Crippen molar-refractivity contribution in [2.24, 2.45) is 4.40 Å². The van der Waals surface area contributed by atoms with E-state index in [9.17, 15) is 8.78 Å². The fourth-order valence-electron chi connectivity index (χ4n) is 1.08. The van der Waals surface area contributed by atoms with Crippen LogP contribution in [0.2, 0.25) is 0 Å². The molecule has 6 heteroatoms. The lowest BCUT2D eigenvalue weighted by molar-refractivity contribution is -0.0499. The first-order valence-electron chi connectivity index (χ1n) is 5.24. The fraction of sp³-hybridized carbons (Fsp3) is 0.417. The quantitative estimate of drug-likeness (QED) is 0.574. The lowest BCUT2D eigenvalue weighted by atomic mass is 10.2. The van der Waals surface area contributed by atoms with Gasteiger partial charge in [0.1, 0.15) is 5.75 Å². The van der Waals surface area contributed by atoms with Crippen LogP contribution >= 0.6 is 27.9 Å². The number of nitrogens with zero attached hydrogens (tertiary/aromatic N) is 1. The molecule has 0 fully saturated rings. The summed E-state index contributed by atoms with van der Waals surface area (Å²) in [5.74, 6) is 0.109. The minimum absolute atomic E-state index is 0.0263. The van der Waals surface area contributed by atoms with E-state index in [2.05, 4.69) is 25.1 Å². The summed E-state index contributed by atoms with van der Waals surface area (Å²) in [7, 11) is 0. The molecule has 0 saturated carbocycles. The maximum atomic E-state index is 12.3. The van der Waals surface area contributed by atoms with E-state index >= 15 is 0 Å². The van der Waals surface area contributed by atoms with E-state index in [4.69, 9.17) is 0 Å². The van der Waals surface area contributed by atoms with Crippen molar-refractivity contribution in [1.29, 1.82) is 0 Å². The predicted molar refractivity (Wildman–Crippen MR) is 75.7 cm³/mol. The Morgan fingerprint density at radius 3 is 2.61 bits per heavy atom. The van der Waals surface area contributed by atoms with Crippen molar-refractivity contribution >= 4 is 34.1 Å². The zero-order valence-corrected chi connectivity index (χ0v) is 12.7. The summed E-state index contributed by atoms with van der Waals surface area (Å²) in [5.41, 5.74) is 0.509.